The Labute approximate surface area is 126 Å². The van der Waals surface area contributed by atoms with Crippen molar-refractivity contribution in [1.29, 1.82) is 0 Å². The van der Waals surface area contributed by atoms with Gasteiger partial charge in [0.05, 0.1) is 12.0 Å². The highest BCUT2D eigenvalue weighted by Gasteiger charge is 2.38. The summed E-state index contributed by atoms with van der Waals surface area (Å²) in [4.78, 5) is 28.5. The van der Waals surface area contributed by atoms with Gasteiger partial charge in [0.15, 0.2) is 0 Å². The lowest BCUT2D eigenvalue weighted by Gasteiger charge is -2.32. The van der Waals surface area contributed by atoms with Gasteiger partial charge in [-0.3, -0.25) is 9.59 Å². The second-order valence-corrected chi connectivity index (χ2v) is 6.84. The van der Waals surface area contributed by atoms with E-state index in [2.05, 4.69) is 6.92 Å². The molecule has 3 heterocycles. The molecule has 118 valence electrons. The molecule has 3 saturated heterocycles. The quantitative estimate of drug-likeness (QED) is 0.787. The standard InChI is InChI=1S/C16H26N2O3/c1-12-4-6-17(7-5-12)16(20)13-9-15(19)18(10-13)11-14-3-2-8-21-14/h12-14H,2-11H2,1H3. The molecule has 2 amide bonds. The molecule has 5 heteroatoms. The summed E-state index contributed by atoms with van der Waals surface area (Å²) in [7, 11) is 0. The van der Waals surface area contributed by atoms with E-state index in [-0.39, 0.29) is 23.8 Å². The van der Waals surface area contributed by atoms with E-state index in [9.17, 15) is 9.59 Å². The molecule has 0 aliphatic carbocycles. The number of nitrogens with zero attached hydrogens (tertiary/aromatic N) is 2. The highest BCUT2D eigenvalue weighted by Crippen LogP contribution is 2.25. The highest BCUT2D eigenvalue weighted by molar-refractivity contribution is 5.89. The van der Waals surface area contributed by atoms with E-state index in [0.29, 0.717) is 19.5 Å². The minimum atomic E-state index is -0.132. The smallest absolute Gasteiger partial charge is 0.227 e. The molecule has 0 bridgehead atoms. The van der Waals surface area contributed by atoms with Gasteiger partial charge < -0.3 is 14.5 Å². The van der Waals surface area contributed by atoms with Crippen molar-refractivity contribution >= 4 is 11.8 Å². The molecule has 3 aliphatic rings. The number of hydrogen-bond donors (Lipinski definition) is 0. The number of likely N-dealkylation sites (tertiary alicyclic amines) is 2. The number of rotatable bonds is 3. The van der Waals surface area contributed by atoms with Crippen LogP contribution in [0.25, 0.3) is 0 Å². The van der Waals surface area contributed by atoms with Crippen LogP contribution in [0.15, 0.2) is 0 Å². The Kier molecular flexibility index (Phi) is 4.48. The number of ether oxygens (including phenoxy) is 1. The molecule has 5 nitrogen and oxygen atoms in total. The van der Waals surface area contributed by atoms with E-state index < -0.39 is 0 Å². The first-order chi connectivity index (χ1) is 10.1. The Bertz CT molecular complexity index is 398. The Morgan fingerprint density at radius 1 is 1.29 bits per heavy atom. The van der Waals surface area contributed by atoms with Crippen molar-refractivity contribution in [1.82, 2.24) is 9.80 Å². The zero-order valence-electron chi connectivity index (χ0n) is 12.9. The molecule has 0 aromatic heterocycles. The fourth-order valence-corrected chi connectivity index (χ4v) is 3.64. The van der Waals surface area contributed by atoms with Crippen molar-refractivity contribution in [2.75, 3.05) is 32.8 Å². The first-order valence-corrected chi connectivity index (χ1v) is 8.31. The van der Waals surface area contributed by atoms with Crippen LogP contribution in [0.4, 0.5) is 0 Å². The number of amides is 2. The van der Waals surface area contributed by atoms with Crippen molar-refractivity contribution in [3.8, 4) is 0 Å². The van der Waals surface area contributed by atoms with Gasteiger partial charge in [0.1, 0.15) is 0 Å². The predicted octanol–water partition coefficient (Wildman–Crippen LogP) is 1.27. The molecule has 2 atom stereocenters. The molecular formula is C16H26N2O3. The van der Waals surface area contributed by atoms with E-state index in [0.717, 1.165) is 51.3 Å². The molecule has 0 radical (unpaired) electrons. The second kappa shape index (κ2) is 6.34. The maximum absolute atomic E-state index is 12.6. The van der Waals surface area contributed by atoms with Crippen LogP contribution in [0.1, 0.15) is 39.0 Å². The first-order valence-electron chi connectivity index (χ1n) is 8.31. The Balaban J connectivity index is 1.52. The van der Waals surface area contributed by atoms with Crippen molar-refractivity contribution in [2.45, 2.75) is 45.1 Å². The maximum atomic E-state index is 12.6. The van der Waals surface area contributed by atoms with Gasteiger partial charge in [-0.25, -0.2) is 0 Å². The van der Waals surface area contributed by atoms with Crippen LogP contribution in [0.2, 0.25) is 0 Å². The van der Waals surface area contributed by atoms with Crippen molar-refractivity contribution in [3.63, 3.8) is 0 Å². The molecule has 3 rings (SSSR count). The van der Waals surface area contributed by atoms with Gasteiger partial charge in [0.25, 0.3) is 0 Å². The fraction of sp³-hybridized carbons (Fsp3) is 0.875. The fourth-order valence-electron chi connectivity index (χ4n) is 3.64. The van der Waals surface area contributed by atoms with E-state index >= 15 is 0 Å². The zero-order valence-corrected chi connectivity index (χ0v) is 12.9. The number of hydrogen-bond acceptors (Lipinski definition) is 3. The number of carbonyl (C=O) groups excluding carboxylic acids is 2. The first kappa shape index (κ1) is 14.8. The van der Waals surface area contributed by atoms with Gasteiger partial charge >= 0.3 is 0 Å². The largest absolute Gasteiger partial charge is 0.376 e. The summed E-state index contributed by atoms with van der Waals surface area (Å²) in [6.45, 7) is 6.02. The van der Waals surface area contributed by atoms with E-state index in [1.54, 1.807) is 0 Å². The van der Waals surface area contributed by atoms with Gasteiger partial charge in [-0.15, -0.1) is 0 Å². The SMILES string of the molecule is CC1CCN(C(=O)C2CC(=O)N(CC3CCCO3)C2)CC1. The van der Waals surface area contributed by atoms with Crippen LogP contribution in [0.5, 0.6) is 0 Å². The topological polar surface area (TPSA) is 49.9 Å². The lowest BCUT2D eigenvalue weighted by molar-refractivity contribution is -0.137. The van der Waals surface area contributed by atoms with Gasteiger partial charge in [-0.1, -0.05) is 6.92 Å². The predicted molar refractivity (Wildman–Crippen MR) is 78.6 cm³/mol. The normalized spacial score (nSPS) is 31.2. The number of carbonyl (C=O) groups is 2. The zero-order chi connectivity index (χ0) is 14.8. The van der Waals surface area contributed by atoms with Gasteiger partial charge in [0, 0.05) is 39.2 Å². The molecule has 3 aliphatic heterocycles. The Morgan fingerprint density at radius 3 is 2.71 bits per heavy atom. The summed E-state index contributed by atoms with van der Waals surface area (Å²) in [5, 5.41) is 0. The summed E-state index contributed by atoms with van der Waals surface area (Å²) in [6, 6.07) is 0. The molecule has 0 saturated carbocycles. The molecule has 0 N–H and O–H groups in total. The molecule has 0 aromatic carbocycles. The van der Waals surface area contributed by atoms with E-state index in [1.165, 1.54) is 0 Å². The average Bonchev–Trinajstić information content (AvgIpc) is 3.10. The second-order valence-electron chi connectivity index (χ2n) is 6.84. The molecular weight excluding hydrogens is 268 g/mol. The van der Waals surface area contributed by atoms with Gasteiger partial charge in [-0.2, -0.15) is 0 Å². The van der Waals surface area contributed by atoms with Crippen LogP contribution in [0, 0.1) is 11.8 Å². The van der Waals surface area contributed by atoms with Gasteiger partial charge in [-0.05, 0) is 31.6 Å². The minimum absolute atomic E-state index is 0.120. The van der Waals surface area contributed by atoms with Crippen LogP contribution in [0.3, 0.4) is 0 Å². The van der Waals surface area contributed by atoms with Gasteiger partial charge in [0.2, 0.25) is 11.8 Å². The van der Waals surface area contributed by atoms with Crippen molar-refractivity contribution in [3.05, 3.63) is 0 Å². The summed E-state index contributed by atoms with van der Waals surface area (Å²) < 4.78 is 5.60. The third-order valence-electron chi connectivity index (χ3n) is 5.11. The van der Waals surface area contributed by atoms with Crippen LogP contribution < -0.4 is 0 Å². The lowest BCUT2D eigenvalue weighted by Crippen LogP contribution is -2.42. The summed E-state index contributed by atoms with van der Waals surface area (Å²) in [5.74, 6) is 0.891. The van der Waals surface area contributed by atoms with Crippen LogP contribution in [-0.2, 0) is 14.3 Å². The highest BCUT2D eigenvalue weighted by atomic mass is 16.5. The summed E-state index contributed by atoms with van der Waals surface area (Å²) in [6.07, 6.45) is 4.86. The monoisotopic (exact) mass is 294 g/mol. The van der Waals surface area contributed by atoms with E-state index in [1.807, 2.05) is 9.80 Å². The maximum Gasteiger partial charge on any atom is 0.227 e. The van der Waals surface area contributed by atoms with Crippen molar-refractivity contribution < 1.29 is 14.3 Å². The van der Waals surface area contributed by atoms with Crippen molar-refractivity contribution in [2.24, 2.45) is 11.8 Å². The molecule has 21 heavy (non-hydrogen) atoms. The van der Waals surface area contributed by atoms with Crippen LogP contribution >= 0.6 is 0 Å². The summed E-state index contributed by atoms with van der Waals surface area (Å²) in [5.41, 5.74) is 0. The minimum Gasteiger partial charge on any atom is -0.376 e. The van der Waals surface area contributed by atoms with E-state index in [4.69, 9.17) is 4.74 Å². The number of piperidine rings is 1. The third kappa shape index (κ3) is 3.39. The molecule has 3 fully saturated rings. The Morgan fingerprint density at radius 2 is 2.05 bits per heavy atom. The molecule has 0 aromatic rings. The lowest BCUT2D eigenvalue weighted by atomic mass is 9.97. The molecule has 0 spiro atoms. The third-order valence-corrected chi connectivity index (χ3v) is 5.11. The molecule has 2 unspecified atom stereocenters. The van der Waals surface area contributed by atoms with Crippen LogP contribution in [-0.4, -0.2) is 60.5 Å². The summed E-state index contributed by atoms with van der Waals surface area (Å²) >= 11 is 0. The average molecular weight is 294 g/mol. The Hall–Kier alpha value is -1.10.